The molecule has 21 heavy (non-hydrogen) atoms. The largest absolute Gasteiger partial charge is 0.349 e. The average Bonchev–Trinajstić information content (AvgIpc) is 2.39. The van der Waals surface area contributed by atoms with Gasteiger partial charge in [-0.25, -0.2) is 0 Å². The fraction of sp³-hybridized carbons (Fsp3) is 0.562. The lowest BCUT2D eigenvalue weighted by Crippen LogP contribution is -2.55. The summed E-state index contributed by atoms with van der Waals surface area (Å²) in [7, 11) is 2.23. The van der Waals surface area contributed by atoms with Gasteiger partial charge in [0, 0.05) is 27.1 Å². The Morgan fingerprint density at radius 1 is 1.24 bits per heavy atom. The molecule has 2 fully saturated rings. The molecule has 0 radical (unpaired) electrons. The monoisotopic (exact) mass is 414 g/mol. The van der Waals surface area contributed by atoms with Crippen LogP contribution in [-0.2, 0) is 0 Å². The zero-order valence-corrected chi connectivity index (χ0v) is 15.3. The van der Waals surface area contributed by atoms with Crippen molar-refractivity contribution in [3.8, 4) is 0 Å². The van der Waals surface area contributed by atoms with E-state index in [2.05, 4.69) is 49.1 Å². The number of nitrogens with zero attached hydrogens (tertiary/aromatic N) is 1. The molecule has 0 aromatic heterocycles. The number of carbonyl (C=O) groups excluding carboxylic acids is 1. The van der Waals surface area contributed by atoms with Gasteiger partial charge in [0.05, 0.1) is 5.56 Å². The van der Waals surface area contributed by atoms with E-state index in [1.807, 2.05) is 18.2 Å². The summed E-state index contributed by atoms with van der Waals surface area (Å²) in [6.45, 7) is 0. The second-order valence-electron chi connectivity index (χ2n) is 6.17. The van der Waals surface area contributed by atoms with E-state index in [9.17, 15) is 4.79 Å². The Labute approximate surface area is 142 Å². The standard InChI is InChI=1S/C16H20Br2N2O/c1-20-12-3-2-4-13(20)9-11(8-12)19-16(21)14-6-5-10(17)7-15(14)18/h5-7,11-13H,2-4,8-9H2,1H3,(H,19,21). The first-order chi connectivity index (χ1) is 10.0. The third kappa shape index (κ3) is 3.35. The molecule has 3 rings (SSSR count). The maximum atomic E-state index is 12.5. The van der Waals surface area contributed by atoms with Crippen LogP contribution in [0.25, 0.3) is 0 Å². The molecule has 5 heteroatoms. The molecule has 0 spiro atoms. The van der Waals surface area contributed by atoms with E-state index in [1.165, 1.54) is 19.3 Å². The lowest BCUT2D eigenvalue weighted by molar-refractivity contribution is 0.0463. The summed E-state index contributed by atoms with van der Waals surface area (Å²) in [5.41, 5.74) is 0.710. The maximum absolute atomic E-state index is 12.5. The molecule has 114 valence electrons. The predicted octanol–water partition coefficient (Wildman–Crippen LogP) is 3.96. The van der Waals surface area contributed by atoms with Gasteiger partial charge in [-0.05, 0) is 66.9 Å². The normalized spacial score (nSPS) is 29.2. The Morgan fingerprint density at radius 2 is 1.90 bits per heavy atom. The molecular formula is C16H20Br2N2O. The van der Waals surface area contributed by atoms with E-state index < -0.39 is 0 Å². The predicted molar refractivity (Wildman–Crippen MR) is 91.5 cm³/mol. The molecule has 1 amide bonds. The Morgan fingerprint density at radius 3 is 2.52 bits per heavy atom. The van der Waals surface area contributed by atoms with Crippen molar-refractivity contribution in [1.29, 1.82) is 0 Å². The van der Waals surface area contributed by atoms with Crippen LogP contribution in [0.15, 0.2) is 27.1 Å². The smallest absolute Gasteiger partial charge is 0.252 e. The number of nitrogens with one attached hydrogen (secondary N) is 1. The zero-order valence-electron chi connectivity index (χ0n) is 12.1. The maximum Gasteiger partial charge on any atom is 0.252 e. The number of rotatable bonds is 2. The SMILES string of the molecule is CN1C2CCCC1CC(NC(=O)c1ccc(Br)cc1Br)C2. The van der Waals surface area contributed by atoms with E-state index in [0.717, 1.165) is 21.8 Å². The van der Waals surface area contributed by atoms with Gasteiger partial charge in [-0.3, -0.25) is 4.79 Å². The first-order valence-electron chi connectivity index (χ1n) is 7.52. The van der Waals surface area contributed by atoms with Crippen molar-refractivity contribution in [2.75, 3.05) is 7.05 Å². The van der Waals surface area contributed by atoms with E-state index in [4.69, 9.17) is 0 Å². The van der Waals surface area contributed by atoms with E-state index in [-0.39, 0.29) is 5.91 Å². The van der Waals surface area contributed by atoms with Crippen molar-refractivity contribution in [3.63, 3.8) is 0 Å². The van der Waals surface area contributed by atoms with Crippen LogP contribution >= 0.6 is 31.9 Å². The van der Waals surface area contributed by atoms with Gasteiger partial charge in [0.2, 0.25) is 0 Å². The number of fused-ring (bicyclic) bond motifs is 2. The summed E-state index contributed by atoms with van der Waals surface area (Å²) >= 11 is 6.89. The molecule has 2 heterocycles. The molecule has 0 aliphatic carbocycles. The molecule has 0 saturated carbocycles. The van der Waals surface area contributed by atoms with Crippen molar-refractivity contribution < 1.29 is 4.79 Å². The molecule has 1 aromatic carbocycles. The molecule has 2 bridgehead atoms. The summed E-state index contributed by atoms with van der Waals surface area (Å²) in [4.78, 5) is 15.0. The molecule has 1 aromatic rings. The molecule has 2 aliphatic heterocycles. The number of amides is 1. The molecule has 2 atom stereocenters. The minimum absolute atomic E-state index is 0.0296. The molecule has 2 aliphatic rings. The second kappa shape index (κ2) is 6.39. The zero-order chi connectivity index (χ0) is 15.0. The van der Waals surface area contributed by atoms with E-state index >= 15 is 0 Å². The molecule has 2 saturated heterocycles. The van der Waals surface area contributed by atoms with Crippen LogP contribution in [0.2, 0.25) is 0 Å². The van der Waals surface area contributed by atoms with Crippen LogP contribution in [0.4, 0.5) is 0 Å². The first kappa shape index (κ1) is 15.5. The fourth-order valence-electron chi connectivity index (χ4n) is 3.67. The Hall–Kier alpha value is -0.390. The quantitative estimate of drug-likeness (QED) is 0.792. The summed E-state index contributed by atoms with van der Waals surface area (Å²) in [5, 5.41) is 3.23. The second-order valence-corrected chi connectivity index (χ2v) is 7.94. The Bertz CT molecular complexity index is 535. The highest BCUT2D eigenvalue weighted by Gasteiger charge is 2.36. The van der Waals surface area contributed by atoms with E-state index in [0.29, 0.717) is 23.7 Å². The highest BCUT2D eigenvalue weighted by atomic mass is 79.9. The average molecular weight is 416 g/mol. The topological polar surface area (TPSA) is 32.3 Å². The van der Waals surface area contributed by atoms with E-state index in [1.54, 1.807) is 0 Å². The van der Waals surface area contributed by atoms with Crippen LogP contribution in [0.5, 0.6) is 0 Å². The molecule has 2 unspecified atom stereocenters. The van der Waals surface area contributed by atoms with Gasteiger partial charge < -0.3 is 10.2 Å². The van der Waals surface area contributed by atoms with Crippen molar-refractivity contribution in [3.05, 3.63) is 32.7 Å². The molecule has 1 N–H and O–H groups in total. The summed E-state index contributed by atoms with van der Waals surface area (Å²) < 4.78 is 1.81. The third-order valence-corrected chi connectivity index (χ3v) is 6.00. The number of hydrogen-bond donors (Lipinski definition) is 1. The van der Waals surface area contributed by atoms with Crippen molar-refractivity contribution in [1.82, 2.24) is 10.2 Å². The Kier molecular flexibility index (Phi) is 4.71. The van der Waals surface area contributed by atoms with Gasteiger partial charge in [0.15, 0.2) is 0 Å². The van der Waals surface area contributed by atoms with Gasteiger partial charge in [-0.2, -0.15) is 0 Å². The van der Waals surface area contributed by atoms with Gasteiger partial charge in [-0.15, -0.1) is 0 Å². The number of piperidine rings is 2. The number of halogens is 2. The molecule has 3 nitrogen and oxygen atoms in total. The number of hydrogen-bond acceptors (Lipinski definition) is 2. The van der Waals surface area contributed by atoms with Crippen LogP contribution < -0.4 is 5.32 Å². The molecular weight excluding hydrogens is 396 g/mol. The van der Waals surface area contributed by atoms with Gasteiger partial charge in [-0.1, -0.05) is 22.4 Å². The third-order valence-electron chi connectivity index (χ3n) is 4.85. The minimum atomic E-state index is 0.0296. The number of benzene rings is 1. The highest BCUT2D eigenvalue weighted by molar-refractivity contribution is 9.11. The summed E-state index contributed by atoms with van der Waals surface area (Å²) in [6, 6.07) is 7.26. The Balaban J connectivity index is 1.68. The lowest BCUT2D eigenvalue weighted by atomic mass is 9.82. The first-order valence-corrected chi connectivity index (χ1v) is 9.11. The minimum Gasteiger partial charge on any atom is -0.349 e. The van der Waals surface area contributed by atoms with Crippen LogP contribution in [-0.4, -0.2) is 36.0 Å². The van der Waals surface area contributed by atoms with Crippen molar-refractivity contribution in [2.45, 2.75) is 50.2 Å². The van der Waals surface area contributed by atoms with Crippen LogP contribution in [0.3, 0.4) is 0 Å². The highest BCUT2D eigenvalue weighted by Crippen LogP contribution is 2.33. The van der Waals surface area contributed by atoms with Gasteiger partial charge in [0.1, 0.15) is 0 Å². The van der Waals surface area contributed by atoms with Gasteiger partial charge >= 0.3 is 0 Å². The fourth-order valence-corrected chi connectivity index (χ4v) is 4.90. The van der Waals surface area contributed by atoms with Crippen molar-refractivity contribution >= 4 is 37.8 Å². The van der Waals surface area contributed by atoms with Crippen molar-refractivity contribution in [2.24, 2.45) is 0 Å². The summed E-state index contributed by atoms with van der Waals surface area (Å²) in [6.07, 6.45) is 6.01. The van der Waals surface area contributed by atoms with Crippen LogP contribution in [0, 0.1) is 0 Å². The van der Waals surface area contributed by atoms with Gasteiger partial charge in [0.25, 0.3) is 5.91 Å². The van der Waals surface area contributed by atoms with Crippen LogP contribution in [0.1, 0.15) is 42.5 Å². The summed E-state index contributed by atoms with van der Waals surface area (Å²) in [5.74, 6) is 0.0296. The number of carbonyl (C=O) groups is 1. The lowest BCUT2D eigenvalue weighted by Gasteiger charge is -2.47.